The number of hydrogen-bond acceptors (Lipinski definition) is 4. The average molecular weight is 248 g/mol. The van der Waals surface area contributed by atoms with E-state index < -0.39 is 5.97 Å². The third-order valence-electron chi connectivity index (χ3n) is 3.71. The molecule has 2 fully saturated rings. The maximum Gasteiger partial charge on any atom is 0.341 e. The molecule has 2 bridgehead atoms. The van der Waals surface area contributed by atoms with E-state index in [9.17, 15) is 4.79 Å². The Labute approximate surface area is 105 Å². The molecule has 0 radical (unpaired) electrons. The van der Waals surface area contributed by atoms with E-state index in [-0.39, 0.29) is 17.5 Å². The summed E-state index contributed by atoms with van der Waals surface area (Å²) in [5.74, 6) is -0.744. The van der Waals surface area contributed by atoms with Crippen LogP contribution in [0.2, 0.25) is 0 Å². The van der Waals surface area contributed by atoms with Crippen LogP contribution in [-0.4, -0.2) is 34.2 Å². The van der Waals surface area contributed by atoms with E-state index in [1.165, 1.54) is 18.9 Å². The van der Waals surface area contributed by atoms with Gasteiger partial charge in [0.05, 0.1) is 0 Å². The number of carboxylic acids is 1. The normalized spacial score (nSPS) is 30.1. The lowest BCUT2D eigenvalue weighted by Gasteiger charge is -2.29. The van der Waals surface area contributed by atoms with Crippen molar-refractivity contribution in [2.75, 3.05) is 0 Å². The largest absolute Gasteiger partial charge is 0.477 e. The molecular weight excluding hydrogens is 232 g/mol. The number of nitrogens with one attached hydrogen (secondary N) is 1. The number of ether oxygens (including phenoxy) is 1. The molecule has 3 rings (SSSR count). The minimum Gasteiger partial charge on any atom is -0.477 e. The molecule has 2 aliphatic heterocycles. The summed E-state index contributed by atoms with van der Waals surface area (Å²) in [6.07, 6.45) is 5.91. The van der Waals surface area contributed by atoms with Crippen LogP contribution in [0.1, 0.15) is 36.0 Å². The Morgan fingerprint density at radius 1 is 1.39 bits per heavy atom. The van der Waals surface area contributed by atoms with Gasteiger partial charge in [0.25, 0.3) is 0 Å². The minimum atomic E-state index is -0.991. The molecule has 5 heteroatoms. The summed E-state index contributed by atoms with van der Waals surface area (Å²) in [6.45, 7) is 0. The first-order valence-electron chi connectivity index (χ1n) is 6.33. The average Bonchev–Trinajstić information content (AvgIpc) is 2.69. The predicted octanol–water partition coefficient (Wildman–Crippen LogP) is 1.44. The Kier molecular flexibility index (Phi) is 2.91. The van der Waals surface area contributed by atoms with Crippen molar-refractivity contribution in [1.82, 2.24) is 10.3 Å². The Morgan fingerprint density at radius 3 is 2.78 bits per heavy atom. The maximum atomic E-state index is 11.1. The van der Waals surface area contributed by atoms with E-state index in [0.717, 1.165) is 12.8 Å². The molecule has 2 aliphatic rings. The molecule has 5 nitrogen and oxygen atoms in total. The van der Waals surface area contributed by atoms with Crippen molar-refractivity contribution in [3.63, 3.8) is 0 Å². The second kappa shape index (κ2) is 4.57. The quantitative estimate of drug-likeness (QED) is 0.847. The lowest BCUT2D eigenvalue weighted by Crippen LogP contribution is -2.42. The fourth-order valence-corrected chi connectivity index (χ4v) is 2.91. The first kappa shape index (κ1) is 11.5. The number of aromatic nitrogens is 1. The molecule has 96 valence electrons. The highest BCUT2D eigenvalue weighted by atomic mass is 16.5. The van der Waals surface area contributed by atoms with Crippen LogP contribution in [0.4, 0.5) is 0 Å². The van der Waals surface area contributed by atoms with Crippen LogP contribution < -0.4 is 10.1 Å². The van der Waals surface area contributed by atoms with Crippen LogP contribution in [0.3, 0.4) is 0 Å². The predicted molar refractivity (Wildman–Crippen MR) is 64.8 cm³/mol. The van der Waals surface area contributed by atoms with Gasteiger partial charge in [-0.05, 0) is 37.8 Å². The number of fused-ring (bicyclic) bond motifs is 2. The summed E-state index contributed by atoms with van der Waals surface area (Å²) >= 11 is 0. The molecule has 3 heterocycles. The molecule has 0 saturated carbocycles. The maximum absolute atomic E-state index is 11.1. The van der Waals surface area contributed by atoms with Crippen molar-refractivity contribution in [3.05, 3.63) is 23.9 Å². The van der Waals surface area contributed by atoms with E-state index in [4.69, 9.17) is 9.84 Å². The lowest BCUT2D eigenvalue weighted by molar-refractivity contribution is 0.0682. The number of hydrogen-bond donors (Lipinski definition) is 2. The fourth-order valence-electron chi connectivity index (χ4n) is 2.91. The van der Waals surface area contributed by atoms with Gasteiger partial charge in [-0.2, -0.15) is 0 Å². The van der Waals surface area contributed by atoms with E-state index in [0.29, 0.717) is 12.1 Å². The van der Waals surface area contributed by atoms with E-state index in [2.05, 4.69) is 10.3 Å². The van der Waals surface area contributed by atoms with Crippen molar-refractivity contribution >= 4 is 5.97 Å². The number of aromatic carboxylic acids is 1. The molecule has 2 N–H and O–H groups in total. The van der Waals surface area contributed by atoms with Crippen molar-refractivity contribution in [2.45, 2.75) is 43.9 Å². The molecular formula is C13H16N2O3. The minimum absolute atomic E-state index is 0.0803. The molecule has 18 heavy (non-hydrogen) atoms. The first-order valence-corrected chi connectivity index (χ1v) is 6.33. The summed E-state index contributed by atoms with van der Waals surface area (Å²) in [4.78, 5) is 15.1. The molecule has 0 aliphatic carbocycles. The molecule has 0 spiro atoms. The molecule has 0 amide bonds. The Balaban J connectivity index is 1.75. The van der Waals surface area contributed by atoms with Gasteiger partial charge in [-0.15, -0.1) is 0 Å². The number of piperidine rings is 1. The Hall–Kier alpha value is -1.62. The molecule has 1 aromatic heterocycles. The van der Waals surface area contributed by atoms with Gasteiger partial charge in [0.1, 0.15) is 11.7 Å². The van der Waals surface area contributed by atoms with Crippen LogP contribution in [0.15, 0.2) is 18.3 Å². The number of rotatable bonds is 3. The number of carbonyl (C=O) groups is 1. The highest BCUT2D eigenvalue weighted by molar-refractivity contribution is 5.90. The van der Waals surface area contributed by atoms with E-state index in [1.54, 1.807) is 12.3 Å². The van der Waals surface area contributed by atoms with Gasteiger partial charge < -0.3 is 15.2 Å². The molecule has 1 aromatic rings. The van der Waals surface area contributed by atoms with Gasteiger partial charge in [-0.3, -0.25) is 0 Å². The summed E-state index contributed by atoms with van der Waals surface area (Å²) in [6, 6.07) is 4.18. The van der Waals surface area contributed by atoms with Crippen LogP contribution in [0.5, 0.6) is 5.88 Å². The van der Waals surface area contributed by atoms with Crippen LogP contribution in [0, 0.1) is 0 Å². The molecule has 2 saturated heterocycles. The van der Waals surface area contributed by atoms with Crippen LogP contribution in [0.25, 0.3) is 0 Å². The zero-order valence-electron chi connectivity index (χ0n) is 10.0. The summed E-state index contributed by atoms with van der Waals surface area (Å²) < 4.78 is 5.80. The van der Waals surface area contributed by atoms with Crippen molar-refractivity contribution in [1.29, 1.82) is 0 Å². The molecule has 2 unspecified atom stereocenters. The number of nitrogens with zero attached hydrogens (tertiary/aromatic N) is 1. The fraction of sp³-hybridized carbons (Fsp3) is 0.538. The number of pyridine rings is 1. The second-order valence-electron chi connectivity index (χ2n) is 5.01. The van der Waals surface area contributed by atoms with Gasteiger partial charge in [0, 0.05) is 18.3 Å². The zero-order valence-corrected chi connectivity index (χ0v) is 10.0. The van der Waals surface area contributed by atoms with Gasteiger partial charge in [-0.1, -0.05) is 0 Å². The topological polar surface area (TPSA) is 71.5 Å². The van der Waals surface area contributed by atoms with Crippen molar-refractivity contribution < 1.29 is 14.6 Å². The third kappa shape index (κ3) is 2.18. The third-order valence-corrected chi connectivity index (χ3v) is 3.71. The monoisotopic (exact) mass is 248 g/mol. The van der Waals surface area contributed by atoms with Crippen molar-refractivity contribution in [2.24, 2.45) is 0 Å². The van der Waals surface area contributed by atoms with Gasteiger partial charge in [0.15, 0.2) is 0 Å². The van der Waals surface area contributed by atoms with E-state index >= 15 is 0 Å². The Bertz CT molecular complexity index is 451. The SMILES string of the molecule is O=C(O)c1cccnc1OC1CC2CCC(C1)N2. The van der Waals surface area contributed by atoms with Gasteiger partial charge >= 0.3 is 5.97 Å². The summed E-state index contributed by atoms with van der Waals surface area (Å²) in [5.41, 5.74) is 0.142. The lowest BCUT2D eigenvalue weighted by atomic mass is 10.0. The van der Waals surface area contributed by atoms with Gasteiger partial charge in [-0.25, -0.2) is 9.78 Å². The van der Waals surface area contributed by atoms with Gasteiger partial charge in [0.2, 0.25) is 5.88 Å². The van der Waals surface area contributed by atoms with Crippen LogP contribution in [-0.2, 0) is 0 Å². The number of carboxylic acid groups (broad SMARTS) is 1. The first-order chi connectivity index (χ1) is 8.72. The standard InChI is InChI=1S/C13H16N2O3/c16-13(17)11-2-1-5-14-12(11)18-10-6-8-3-4-9(7-10)15-8/h1-2,5,8-10,15H,3-4,6-7H2,(H,16,17). The highest BCUT2D eigenvalue weighted by Crippen LogP contribution is 2.29. The van der Waals surface area contributed by atoms with E-state index in [1.807, 2.05) is 0 Å². The van der Waals surface area contributed by atoms with Crippen LogP contribution >= 0.6 is 0 Å². The highest BCUT2D eigenvalue weighted by Gasteiger charge is 2.35. The molecule has 0 aromatic carbocycles. The Morgan fingerprint density at radius 2 is 2.11 bits per heavy atom. The summed E-state index contributed by atoms with van der Waals surface area (Å²) in [7, 11) is 0. The molecule has 2 atom stereocenters. The zero-order chi connectivity index (χ0) is 12.5. The second-order valence-corrected chi connectivity index (χ2v) is 5.01. The van der Waals surface area contributed by atoms with Crippen molar-refractivity contribution in [3.8, 4) is 5.88 Å². The summed E-state index contributed by atoms with van der Waals surface area (Å²) in [5, 5.41) is 12.6. The smallest absolute Gasteiger partial charge is 0.341 e.